The second-order valence-electron chi connectivity index (χ2n) is 6.18. The summed E-state index contributed by atoms with van der Waals surface area (Å²) in [6.07, 6.45) is 7.73. The lowest BCUT2D eigenvalue weighted by Gasteiger charge is -2.23. The molecule has 1 aromatic heterocycles. The first-order valence-electron chi connectivity index (χ1n) is 7.51. The molecule has 1 aliphatic carbocycles. The van der Waals surface area contributed by atoms with Gasteiger partial charge in [-0.1, -0.05) is 0 Å². The summed E-state index contributed by atoms with van der Waals surface area (Å²) in [5.41, 5.74) is 1.20. The van der Waals surface area contributed by atoms with E-state index < -0.39 is 0 Å². The first-order valence-corrected chi connectivity index (χ1v) is 7.51. The van der Waals surface area contributed by atoms with Crippen molar-refractivity contribution >= 4 is 10.9 Å². The normalized spacial score (nSPS) is 24.8. The minimum absolute atomic E-state index is 0.0656. The number of aromatic nitrogens is 2. The van der Waals surface area contributed by atoms with Crippen molar-refractivity contribution < 1.29 is 9.47 Å². The summed E-state index contributed by atoms with van der Waals surface area (Å²) in [4.78, 5) is 0. The molecule has 1 unspecified atom stereocenters. The number of benzene rings is 1. The summed E-state index contributed by atoms with van der Waals surface area (Å²) in [5.74, 6) is 0.946. The first kappa shape index (κ1) is 12.2. The van der Waals surface area contributed by atoms with Crippen molar-refractivity contribution in [2.45, 2.75) is 50.9 Å². The Hall–Kier alpha value is -1.55. The second-order valence-corrected chi connectivity index (χ2v) is 6.18. The van der Waals surface area contributed by atoms with Crippen LogP contribution in [0.25, 0.3) is 10.9 Å². The SMILES string of the molecule is CC1(Oc2ccc3c(cnn3C3CCCCO3)c2)CC1. The molecule has 2 heterocycles. The number of ether oxygens (including phenoxy) is 2. The zero-order valence-corrected chi connectivity index (χ0v) is 11.8. The van der Waals surface area contributed by atoms with E-state index in [1.807, 2.05) is 16.9 Å². The minimum atomic E-state index is 0.0656. The predicted octanol–water partition coefficient (Wildman–Crippen LogP) is 3.67. The summed E-state index contributed by atoms with van der Waals surface area (Å²) in [6, 6.07) is 6.24. The second kappa shape index (κ2) is 4.48. The fraction of sp³-hybridized carbons (Fsp3) is 0.562. The van der Waals surface area contributed by atoms with E-state index in [0.717, 1.165) is 48.9 Å². The summed E-state index contributed by atoms with van der Waals surface area (Å²) in [7, 11) is 0. The van der Waals surface area contributed by atoms with Gasteiger partial charge < -0.3 is 9.47 Å². The summed E-state index contributed by atoms with van der Waals surface area (Å²) in [6.45, 7) is 3.00. The number of nitrogens with zero attached hydrogens (tertiary/aromatic N) is 2. The van der Waals surface area contributed by atoms with E-state index >= 15 is 0 Å². The molecular weight excluding hydrogens is 252 g/mol. The number of hydrogen-bond acceptors (Lipinski definition) is 3. The monoisotopic (exact) mass is 272 g/mol. The van der Waals surface area contributed by atoms with Crippen molar-refractivity contribution in [2.24, 2.45) is 0 Å². The lowest BCUT2D eigenvalue weighted by molar-refractivity contribution is -0.0366. The van der Waals surface area contributed by atoms with Gasteiger partial charge in [-0.05, 0) is 57.2 Å². The van der Waals surface area contributed by atoms with Gasteiger partial charge in [0.15, 0.2) is 6.23 Å². The molecule has 4 nitrogen and oxygen atoms in total. The third kappa shape index (κ3) is 2.18. The highest BCUT2D eigenvalue weighted by molar-refractivity contribution is 5.80. The van der Waals surface area contributed by atoms with Gasteiger partial charge in [0.1, 0.15) is 11.4 Å². The summed E-state index contributed by atoms with van der Waals surface area (Å²) >= 11 is 0. The van der Waals surface area contributed by atoms with Crippen molar-refractivity contribution in [1.29, 1.82) is 0 Å². The average Bonchev–Trinajstić information content (AvgIpc) is 3.04. The number of hydrogen-bond donors (Lipinski definition) is 0. The van der Waals surface area contributed by atoms with Gasteiger partial charge >= 0.3 is 0 Å². The maximum atomic E-state index is 6.01. The van der Waals surface area contributed by atoms with Crippen molar-refractivity contribution in [3.05, 3.63) is 24.4 Å². The summed E-state index contributed by atoms with van der Waals surface area (Å²) in [5, 5.41) is 5.63. The largest absolute Gasteiger partial charge is 0.488 e. The third-order valence-electron chi connectivity index (χ3n) is 4.31. The molecule has 1 atom stereocenters. The molecule has 1 saturated heterocycles. The van der Waals surface area contributed by atoms with Gasteiger partial charge in [0.2, 0.25) is 0 Å². The molecule has 2 aliphatic rings. The highest BCUT2D eigenvalue weighted by Gasteiger charge is 2.40. The van der Waals surface area contributed by atoms with Gasteiger partial charge in [0.05, 0.1) is 11.7 Å². The predicted molar refractivity (Wildman–Crippen MR) is 76.8 cm³/mol. The van der Waals surface area contributed by atoms with Crippen LogP contribution in [0.15, 0.2) is 24.4 Å². The Morgan fingerprint density at radius 2 is 2.25 bits per heavy atom. The standard InChI is InChI=1S/C16H20N2O2/c1-16(7-8-16)20-13-5-6-14-12(10-13)11-17-18(14)15-4-2-3-9-19-15/h5-6,10-11,15H,2-4,7-9H2,1H3. The van der Waals surface area contributed by atoms with Crippen LogP contribution in [0.4, 0.5) is 0 Å². The van der Waals surface area contributed by atoms with Crippen LogP contribution in [-0.4, -0.2) is 22.0 Å². The van der Waals surface area contributed by atoms with Crippen LogP contribution in [0.2, 0.25) is 0 Å². The van der Waals surface area contributed by atoms with Crippen LogP contribution in [0.5, 0.6) is 5.75 Å². The molecule has 0 N–H and O–H groups in total. The van der Waals surface area contributed by atoms with Crippen LogP contribution in [-0.2, 0) is 4.74 Å². The van der Waals surface area contributed by atoms with Crippen LogP contribution in [0, 0.1) is 0 Å². The van der Waals surface area contributed by atoms with E-state index in [1.165, 1.54) is 6.42 Å². The third-order valence-corrected chi connectivity index (χ3v) is 4.31. The molecule has 0 spiro atoms. The van der Waals surface area contributed by atoms with Crippen molar-refractivity contribution in [2.75, 3.05) is 6.61 Å². The van der Waals surface area contributed by atoms with E-state index in [1.54, 1.807) is 0 Å². The lowest BCUT2D eigenvalue weighted by atomic mass is 10.2. The Labute approximate surface area is 118 Å². The minimum Gasteiger partial charge on any atom is -0.488 e. The molecule has 1 aliphatic heterocycles. The Bertz CT molecular complexity index is 624. The molecule has 2 fully saturated rings. The Morgan fingerprint density at radius 3 is 3.00 bits per heavy atom. The molecule has 2 aromatic rings. The maximum absolute atomic E-state index is 6.01. The number of rotatable bonds is 3. The molecule has 0 amide bonds. The van der Waals surface area contributed by atoms with E-state index in [4.69, 9.17) is 9.47 Å². The lowest BCUT2D eigenvalue weighted by Crippen LogP contribution is -2.18. The topological polar surface area (TPSA) is 36.3 Å². The fourth-order valence-electron chi connectivity index (χ4n) is 2.80. The molecule has 106 valence electrons. The molecule has 1 aromatic carbocycles. The van der Waals surface area contributed by atoms with E-state index in [0.29, 0.717) is 0 Å². The quantitative estimate of drug-likeness (QED) is 0.855. The highest BCUT2D eigenvalue weighted by atomic mass is 16.5. The van der Waals surface area contributed by atoms with Gasteiger partial charge in [-0.2, -0.15) is 5.10 Å². The first-order chi connectivity index (χ1) is 9.73. The van der Waals surface area contributed by atoms with Gasteiger partial charge in [-0.3, -0.25) is 0 Å². The highest BCUT2D eigenvalue weighted by Crippen LogP contribution is 2.40. The molecule has 4 rings (SSSR count). The Kier molecular flexibility index (Phi) is 2.74. The average molecular weight is 272 g/mol. The van der Waals surface area contributed by atoms with Crippen LogP contribution >= 0.6 is 0 Å². The summed E-state index contributed by atoms with van der Waals surface area (Å²) < 4.78 is 13.8. The van der Waals surface area contributed by atoms with Gasteiger partial charge in [-0.25, -0.2) is 4.68 Å². The Morgan fingerprint density at radius 1 is 1.35 bits per heavy atom. The Balaban J connectivity index is 1.63. The molecule has 4 heteroatoms. The van der Waals surface area contributed by atoms with E-state index in [9.17, 15) is 0 Å². The zero-order valence-electron chi connectivity index (χ0n) is 11.8. The van der Waals surface area contributed by atoms with Crippen molar-refractivity contribution in [3.63, 3.8) is 0 Å². The molecule has 0 radical (unpaired) electrons. The van der Waals surface area contributed by atoms with Gasteiger partial charge in [0.25, 0.3) is 0 Å². The van der Waals surface area contributed by atoms with Gasteiger partial charge in [-0.15, -0.1) is 0 Å². The van der Waals surface area contributed by atoms with Crippen molar-refractivity contribution in [3.8, 4) is 5.75 Å². The fourth-order valence-corrected chi connectivity index (χ4v) is 2.80. The van der Waals surface area contributed by atoms with Crippen LogP contribution in [0.1, 0.15) is 45.3 Å². The molecule has 0 bridgehead atoms. The van der Waals surface area contributed by atoms with Gasteiger partial charge in [0, 0.05) is 12.0 Å². The van der Waals surface area contributed by atoms with Crippen LogP contribution < -0.4 is 4.74 Å². The number of fused-ring (bicyclic) bond motifs is 1. The molecule has 20 heavy (non-hydrogen) atoms. The van der Waals surface area contributed by atoms with E-state index in [-0.39, 0.29) is 11.8 Å². The smallest absolute Gasteiger partial charge is 0.150 e. The molecular formula is C16H20N2O2. The molecule has 1 saturated carbocycles. The van der Waals surface area contributed by atoms with Crippen molar-refractivity contribution in [1.82, 2.24) is 9.78 Å². The maximum Gasteiger partial charge on any atom is 0.150 e. The zero-order chi connectivity index (χ0) is 13.6. The van der Waals surface area contributed by atoms with Crippen LogP contribution in [0.3, 0.4) is 0 Å². The van der Waals surface area contributed by atoms with E-state index in [2.05, 4.69) is 24.2 Å².